The third-order valence-corrected chi connectivity index (χ3v) is 2.03. The molecule has 5 nitrogen and oxygen atoms in total. The number of phenolic OH excluding ortho intramolecular Hbond substituents is 1. The molecule has 16 heavy (non-hydrogen) atoms. The number of methoxy groups -OCH3 is 1. The average molecular weight is 217 g/mol. The van der Waals surface area contributed by atoms with Gasteiger partial charge in [0.25, 0.3) is 0 Å². The summed E-state index contributed by atoms with van der Waals surface area (Å²) >= 11 is 0. The van der Waals surface area contributed by atoms with Crippen LogP contribution in [0, 0.1) is 0 Å². The Labute approximate surface area is 92.8 Å². The molecule has 0 spiro atoms. The van der Waals surface area contributed by atoms with Crippen molar-refractivity contribution in [2.75, 3.05) is 12.4 Å². The summed E-state index contributed by atoms with van der Waals surface area (Å²) in [5, 5.41) is 12.6. The quantitative estimate of drug-likeness (QED) is 0.822. The summed E-state index contributed by atoms with van der Waals surface area (Å²) in [6.45, 7) is 0. The lowest BCUT2D eigenvalue weighted by atomic mass is 10.3. The van der Waals surface area contributed by atoms with Gasteiger partial charge in [-0.1, -0.05) is 0 Å². The molecular formula is C11H11N3O2. The molecular weight excluding hydrogens is 206 g/mol. The molecule has 0 atom stereocenters. The van der Waals surface area contributed by atoms with Gasteiger partial charge < -0.3 is 15.2 Å². The first-order valence-electron chi connectivity index (χ1n) is 4.69. The smallest absolute Gasteiger partial charge is 0.160 e. The van der Waals surface area contributed by atoms with Crippen molar-refractivity contribution in [1.82, 2.24) is 9.97 Å². The van der Waals surface area contributed by atoms with E-state index in [1.165, 1.54) is 13.4 Å². The zero-order valence-electron chi connectivity index (χ0n) is 8.71. The monoisotopic (exact) mass is 217 g/mol. The van der Waals surface area contributed by atoms with Crippen LogP contribution in [0.1, 0.15) is 0 Å². The van der Waals surface area contributed by atoms with E-state index >= 15 is 0 Å². The van der Waals surface area contributed by atoms with E-state index in [1.807, 2.05) is 0 Å². The maximum Gasteiger partial charge on any atom is 0.160 e. The van der Waals surface area contributed by atoms with Gasteiger partial charge in [0.1, 0.15) is 12.1 Å². The largest absolute Gasteiger partial charge is 0.504 e. The predicted octanol–water partition coefficient (Wildman–Crippen LogP) is 1.93. The molecule has 1 heterocycles. The number of ether oxygens (including phenoxy) is 1. The summed E-state index contributed by atoms with van der Waals surface area (Å²) < 4.78 is 4.95. The van der Waals surface area contributed by atoms with Crippen LogP contribution < -0.4 is 10.1 Å². The molecule has 0 fully saturated rings. The minimum Gasteiger partial charge on any atom is -0.504 e. The molecule has 2 rings (SSSR count). The van der Waals surface area contributed by atoms with Crippen LogP contribution in [0.25, 0.3) is 0 Å². The van der Waals surface area contributed by atoms with Crippen molar-refractivity contribution >= 4 is 11.5 Å². The van der Waals surface area contributed by atoms with Crippen molar-refractivity contribution in [2.45, 2.75) is 0 Å². The van der Waals surface area contributed by atoms with E-state index in [2.05, 4.69) is 15.3 Å². The Morgan fingerprint density at radius 1 is 1.31 bits per heavy atom. The molecule has 0 saturated heterocycles. The van der Waals surface area contributed by atoms with Crippen LogP contribution in [0.4, 0.5) is 11.5 Å². The van der Waals surface area contributed by atoms with Crippen molar-refractivity contribution < 1.29 is 9.84 Å². The van der Waals surface area contributed by atoms with Gasteiger partial charge in [-0.25, -0.2) is 9.97 Å². The Morgan fingerprint density at radius 2 is 2.19 bits per heavy atom. The van der Waals surface area contributed by atoms with Gasteiger partial charge in [-0.3, -0.25) is 0 Å². The second kappa shape index (κ2) is 4.48. The Balaban J connectivity index is 2.20. The molecule has 2 aromatic rings. The second-order valence-electron chi connectivity index (χ2n) is 3.11. The van der Waals surface area contributed by atoms with Gasteiger partial charge in [-0.05, 0) is 18.2 Å². The van der Waals surface area contributed by atoms with Crippen molar-refractivity contribution in [3.8, 4) is 11.5 Å². The molecule has 0 aliphatic rings. The van der Waals surface area contributed by atoms with E-state index in [0.717, 1.165) is 5.69 Å². The van der Waals surface area contributed by atoms with E-state index in [4.69, 9.17) is 4.74 Å². The molecule has 0 saturated carbocycles. The molecule has 1 aromatic carbocycles. The summed E-state index contributed by atoms with van der Waals surface area (Å²) in [6, 6.07) is 6.78. The van der Waals surface area contributed by atoms with Crippen LogP contribution in [-0.2, 0) is 0 Å². The van der Waals surface area contributed by atoms with E-state index in [1.54, 1.807) is 30.5 Å². The zero-order valence-corrected chi connectivity index (χ0v) is 8.71. The van der Waals surface area contributed by atoms with Gasteiger partial charge in [-0.15, -0.1) is 0 Å². The van der Waals surface area contributed by atoms with Gasteiger partial charge in [0, 0.05) is 18.0 Å². The molecule has 2 N–H and O–H groups in total. The number of nitrogens with zero attached hydrogens (tertiary/aromatic N) is 2. The number of aromatic nitrogens is 2. The molecule has 0 amide bonds. The first kappa shape index (κ1) is 10.2. The standard InChI is InChI=1S/C11H11N3O2/c1-16-10-3-2-8(6-9(10)15)14-11-4-5-12-7-13-11/h2-7,15H,1H3,(H,12,13,14). The van der Waals surface area contributed by atoms with Gasteiger partial charge in [-0.2, -0.15) is 0 Å². The Bertz CT molecular complexity index is 474. The highest BCUT2D eigenvalue weighted by molar-refractivity contribution is 5.60. The molecule has 1 aromatic heterocycles. The number of anilines is 2. The van der Waals surface area contributed by atoms with Gasteiger partial charge in [0.2, 0.25) is 0 Å². The first-order chi connectivity index (χ1) is 7.79. The Morgan fingerprint density at radius 3 is 2.81 bits per heavy atom. The topological polar surface area (TPSA) is 67.3 Å². The second-order valence-corrected chi connectivity index (χ2v) is 3.11. The molecule has 0 radical (unpaired) electrons. The zero-order chi connectivity index (χ0) is 11.4. The molecule has 0 aliphatic heterocycles. The number of benzene rings is 1. The van der Waals surface area contributed by atoms with Gasteiger partial charge >= 0.3 is 0 Å². The fourth-order valence-corrected chi connectivity index (χ4v) is 1.28. The van der Waals surface area contributed by atoms with E-state index in [0.29, 0.717) is 11.6 Å². The summed E-state index contributed by atoms with van der Waals surface area (Å²) in [6.07, 6.45) is 3.09. The first-order valence-corrected chi connectivity index (χ1v) is 4.69. The maximum absolute atomic E-state index is 9.57. The maximum atomic E-state index is 9.57. The molecule has 5 heteroatoms. The predicted molar refractivity (Wildman–Crippen MR) is 60.0 cm³/mol. The summed E-state index contributed by atoms with van der Waals surface area (Å²) in [7, 11) is 1.51. The summed E-state index contributed by atoms with van der Waals surface area (Å²) in [5.74, 6) is 1.19. The van der Waals surface area contributed by atoms with Crippen LogP contribution in [0.15, 0.2) is 36.8 Å². The number of phenols is 1. The van der Waals surface area contributed by atoms with Crippen LogP contribution in [-0.4, -0.2) is 22.2 Å². The number of nitrogens with one attached hydrogen (secondary N) is 1. The highest BCUT2D eigenvalue weighted by Crippen LogP contribution is 2.29. The number of aromatic hydroxyl groups is 1. The van der Waals surface area contributed by atoms with Crippen molar-refractivity contribution in [3.63, 3.8) is 0 Å². The third kappa shape index (κ3) is 2.20. The SMILES string of the molecule is COc1ccc(Nc2ccncn2)cc1O. The molecule has 0 aliphatic carbocycles. The van der Waals surface area contributed by atoms with Crippen molar-refractivity contribution in [2.24, 2.45) is 0 Å². The average Bonchev–Trinajstić information content (AvgIpc) is 2.31. The summed E-state index contributed by atoms with van der Waals surface area (Å²) in [5.41, 5.74) is 0.733. The fourth-order valence-electron chi connectivity index (χ4n) is 1.28. The Hall–Kier alpha value is -2.30. The van der Waals surface area contributed by atoms with E-state index in [-0.39, 0.29) is 5.75 Å². The van der Waals surface area contributed by atoms with Gasteiger partial charge in [0.05, 0.1) is 7.11 Å². The summed E-state index contributed by atoms with van der Waals surface area (Å²) in [4.78, 5) is 7.82. The highest BCUT2D eigenvalue weighted by Gasteiger charge is 2.02. The highest BCUT2D eigenvalue weighted by atomic mass is 16.5. The number of hydrogen-bond donors (Lipinski definition) is 2. The Kier molecular flexibility index (Phi) is 2.86. The lowest BCUT2D eigenvalue weighted by Crippen LogP contribution is -1.93. The van der Waals surface area contributed by atoms with Crippen LogP contribution in [0.3, 0.4) is 0 Å². The molecule has 0 unspecified atom stereocenters. The van der Waals surface area contributed by atoms with Crippen LogP contribution >= 0.6 is 0 Å². The third-order valence-electron chi connectivity index (χ3n) is 2.03. The number of rotatable bonds is 3. The normalized spacial score (nSPS) is 9.81. The van der Waals surface area contributed by atoms with Crippen molar-refractivity contribution in [3.05, 3.63) is 36.8 Å². The van der Waals surface area contributed by atoms with E-state index in [9.17, 15) is 5.11 Å². The molecule has 0 bridgehead atoms. The minimum absolute atomic E-state index is 0.0848. The van der Waals surface area contributed by atoms with E-state index < -0.39 is 0 Å². The molecule has 82 valence electrons. The van der Waals surface area contributed by atoms with Gasteiger partial charge in [0.15, 0.2) is 11.5 Å². The lowest BCUT2D eigenvalue weighted by Gasteiger charge is -2.07. The minimum atomic E-state index is 0.0848. The number of hydrogen-bond acceptors (Lipinski definition) is 5. The van der Waals surface area contributed by atoms with Crippen LogP contribution in [0.2, 0.25) is 0 Å². The van der Waals surface area contributed by atoms with Crippen LogP contribution in [0.5, 0.6) is 11.5 Å². The fraction of sp³-hybridized carbons (Fsp3) is 0.0909. The lowest BCUT2D eigenvalue weighted by molar-refractivity contribution is 0.373. The van der Waals surface area contributed by atoms with Crippen molar-refractivity contribution in [1.29, 1.82) is 0 Å².